The monoisotopic (exact) mass is 422 g/mol. The zero-order valence-corrected chi connectivity index (χ0v) is 16.8. The Morgan fingerprint density at radius 1 is 1.19 bits per heavy atom. The molecule has 27 heavy (non-hydrogen) atoms. The molecule has 0 saturated carbocycles. The minimum atomic E-state index is -0.575. The second kappa shape index (κ2) is 8.11. The highest BCUT2D eigenvalue weighted by Gasteiger charge is 2.27. The predicted molar refractivity (Wildman–Crippen MR) is 106 cm³/mol. The number of carbonyl (C=O) groups is 1. The lowest BCUT2D eigenvalue weighted by molar-refractivity contribution is -0.133. The molecule has 4 rings (SSSR count). The summed E-state index contributed by atoms with van der Waals surface area (Å²) < 4.78 is 0. The highest BCUT2D eigenvalue weighted by molar-refractivity contribution is 6.31. The molecule has 3 N–H and O–H groups in total. The number of hydrogen-bond acceptors (Lipinski definition) is 2. The summed E-state index contributed by atoms with van der Waals surface area (Å²) in [6, 6.07) is 12.7. The fourth-order valence-electron chi connectivity index (χ4n) is 3.64. The van der Waals surface area contributed by atoms with Crippen LogP contribution in [-0.4, -0.2) is 28.4 Å². The summed E-state index contributed by atoms with van der Waals surface area (Å²) in [7, 11) is 0. The second-order valence-corrected chi connectivity index (χ2v) is 7.60. The lowest BCUT2D eigenvalue weighted by Gasteiger charge is -2.29. The van der Waals surface area contributed by atoms with Gasteiger partial charge < -0.3 is 28.0 Å². The molecule has 0 unspecified atom stereocenters. The van der Waals surface area contributed by atoms with E-state index in [1.54, 1.807) is 0 Å². The number of nitrogens with zero attached hydrogens (tertiary/aromatic N) is 1. The molecule has 2 aromatic carbocycles. The van der Waals surface area contributed by atoms with Gasteiger partial charge in [0.2, 0.25) is 5.91 Å². The van der Waals surface area contributed by atoms with Crippen LogP contribution in [0.3, 0.4) is 0 Å². The molecule has 0 fully saturated rings. The van der Waals surface area contributed by atoms with Crippen LogP contribution in [0.25, 0.3) is 10.9 Å². The Labute approximate surface area is 174 Å². The first-order valence-electron chi connectivity index (χ1n) is 8.59. The van der Waals surface area contributed by atoms with E-state index in [-0.39, 0.29) is 18.3 Å². The van der Waals surface area contributed by atoms with Crippen molar-refractivity contribution in [2.75, 3.05) is 6.54 Å². The number of rotatable bonds is 3. The van der Waals surface area contributed by atoms with Crippen molar-refractivity contribution in [3.8, 4) is 0 Å². The topological polar surface area (TPSA) is 62.1 Å². The van der Waals surface area contributed by atoms with Gasteiger partial charge in [-0.3, -0.25) is 4.79 Å². The number of aromatic nitrogens is 1. The third kappa shape index (κ3) is 4.09. The van der Waals surface area contributed by atoms with E-state index < -0.39 is 6.04 Å². The van der Waals surface area contributed by atoms with E-state index >= 15 is 0 Å². The average molecular weight is 424 g/mol. The molecule has 7 heteroatoms. The van der Waals surface area contributed by atoms with Crippen LogP contribution in [0.5, 0.6) is 0 Å². The van der Waals surface area contributed by atoms with Gasteiger partial charge in [-0.1, -0.05) is 35.3 Å². The Kier molecular flexibility index (Phi) is 6.02. The van der Waals surface area contributed by atoms with E-state index in [0.29, 0.717) is 24.5 Å². The molecule has 1 aliphatic heterocycles. The van der Waals surface area contributed by atoms with E-state index in [1.807, 2.05) is 47.4 Å². The van der Waals surface area contributed by atoms with Crippen molar-refractivity contribution in [2.45, 2.75) is 25.4 Å². The Morgan fingerprint density at radius 3 is 2.74 bits per heavy atom. The van der Waals surface area contributed by atoms with Gasteiger partial charge in [0.1, 0.15) is 0 Å². The number of halogens is 3. The minimum absolute atomic E-state index is 0. The van der Waals surface area contributed by atoms with Crippen molar-refractivity contribution < 1.29 is 17.2 Å². The van der Waals surface area contributed by atoms with Crippen LogP contribution in [0.2, 0.25) is 10.0 Å². The van der Waals surface area contributed by atoms with Crippen molar-refractivity contribution in [1.82, 2.24) is 9.88 Å². The quantitative estimate of drug-likeness (QED) is 0.658. The van der Waals surface area contributed by atoms with Crippen molar-refractivity contribution in [1.29, 1.82) is 0 Å². The SMILES string of the molecule is N[C@@H](Cc1cccc(Cl)c1)C(=O)N1CCc2c([nH]c3ccc(Cl)cc23)C1.[Cl-]. The minimum Gasteiger partial charge on any atom is -1.00 e. The summed E-state index contributed by atoms with van der Waals surface area (Å²) in [5.74, 6) is -0.0349. The summed E-state index contributed by atoms with van der Waals surface area (Å²) in [4.78, 5) is 18.0. The molecule has 2 heterocycles. The van der Waals surface area contributed by atoms with Gasteiger partial charge >= 0.3 is 0 Å². The lowest BCUT2D eigenvalue weighted by atomic mass is 10.0. The van der Waals surface area contributed by atoms with E-state index in [0.717, 1.165) is 33.6 Å². The Hall–Kier alpha value is -1.72. The van der Waals surface area contributed by atoms with Crippen LogP contribution in [-0.2, 0) is 24.2 Å². The van der Waals surface area contributed by atoms with Gasteiger partial charge in [0.15, 0.2) is 0 Å². The third-order valence-corrected chi connectivity index (χ3v) is 5.38. The molecular weight excluding hydrogens is 405 g/mol. The Balaban J connectivity index is 0.00000210. The van der Waals surface area contributed by atoms with E-state index in [1.165, 1.54) is 5.56 Å². The highest BCUT2D eigenvalue weighted by atomic mass is 35.5. The molecule has 1 aromatic heterocycles. The summed E-state index contributed by atoms with van der Waals surface area (Å²) in [5, 5.41) is 2.52. The number of benzene rings is 2. The van der Waals surface area contributed by atoms with E-state index in [9.17, 15) is 4.79 Å². The number of aromatic amines is 1. The van der Waals surface area contributed by atoms with Crippen LogP contribution >= 0.6 is 23.2 Å². The molecule has 4 nitrogen and oxygen atoms in total. The second-order valence-electron chi connectivity index (χ2n) is 6.72. The number of hydrogen-bond donors (Lipinski definition) is 2. The van der Waals surface area contributed by atoms with E-state index in [2.05, 4.69) is 4.98 Å². The van der Waals surface area contributed by atoms with Crippen molar-refractivity contribution >= 4 is 40.0 Å². The van der Waals surface area contributed by atoms with Crippen molar-refractivity contribution in [2.24, 2.45) is 5.73 Å². The Morgan fingerprint density at radius 2 is 1.96 bits per heavy atom. The molecule has 0 spiro atoms. The molecule has 142 valence electrons. The molecule has 1 aliphatic rings. The third-order valence-electron chi connectivity index (χ3n) is 4.91. The highest BCUT2D eigenvalue weighted by Crippen LogP contribution is 2.29. The molecule has 1 atom stereocenters. The van der Waals surface area contributed by atoms with Gasteiger partial charge in [0, 0.05) is 33.2 Å². The first kappa shape index (κ1) is 20.0. The normalized spacial score (nSPS) is 14.6. The van der Waals surface area contributed by atoms with Crippen LogP contribution < -0.4 is 18.1 Å². The summed E-state index contributed by atoms with van der Waals surface area (Å²) in [6.07, 6.45) is 1.27. The maximum absolute atomic E-state index is 12.8. The molecule has 0 saturated heterocycles. The van der Waals surface area contributed by atoms with Crippen LogP contribution in [0, 0.1) is 0 Å². The fraction of sp³-hybridized carbons (Fsp3) is 0.250. The van der Waals surface area contributed by atoms with Crippen LogP contribution in [0.1, 0.15) is 16.8 Å². The number of H-pyrrole nitrogens is 1. The lowest BCUT2D eigenvalue weighted by Crippen LogP contribution is -3.00. The van der Waals surface area contributed by atoms with Gasteiger partial charge in [-0.2, -0.15) is 0 Å². The van der Waals surface area contributed by atoms with Gasteiger partial charge in [-0.25, -0.2) is 0 Å². The predicted octanol–water partition coefficient (Wildman–Crippen LogP) is 0.933. The molecule has 0 bridgehead atoms. The van der Waals surface area contributed by atoms with E-state index in [4.69, 9.17) is 28.9 Å². The largest absolute Gasteiger partial charge is 1.00 e. The number of nitrogens with two attached hydrogens (primary N) is 1. The number of fused-ring (bicyclic) bond motifs is 3. The molecular formula is C20H19Cl3N3O-. The van der Waals surface area contributed by atoms with Crippen molar-refractivity contribution in [3.05, 3.63) is 69.3 Å². The average Bonchev–Trinajstić information content (AvgIpc) is 2.98. The number of nitrogens with one attached hydrogen (secondary N) is 1. The number of carbonyl (C=O) groups excluding carboxylic acids is 1. The first-order chi connectivity index (χ1) is 12.5. The molecule has 3 aromatic rings. The molecule has 0 radical (unpaired) electrons. The summed E-state index contributed by atoms with van der Waals surface area (Å²) >= 11 is 12.1. The first-order valence-corrected chi connectivity index (χ1v) is 9.34. The van der Waals surface area contributed by atoms with Gasteiger partial charge in [-0.05, 0) is 54.3 Å². The maximum atomic E-state index is 12.8. The summed E-state index contributed by atoms with van der Waals surface area (Å²) in [6.45, 7) is 1.21. The zero-order valence-electron chi connectivity index (χ0n) is 14.5. The smallest absolute Gasteiger partial charge is 0.240 e. The zero-order chi connectivity index (χ0) is 18.3. The number of amides is 1. The fourth-order valence-corrected chi connectivity index (χ4v) is 4.03. The van der Waals surface area contributed by atoms with Gasteiger partial charge in [0.05, 0.1) is 12.6 Å². The standard InChI is InChI=1S/C20H19Cl2N3O.ClH/c21-13-3-1-2-12(8-13)9-17(23)20(26)25-7-6-15-16-10-14(22)4-5-18(16)24-19(15)11-25;/h1-5,8,10,17,24H,6-7,9,11,23H2;1H/p-1/t17-;/m0./s1. The molecule has 1 amide bonds. The van der Waals surface area contributed by atoms with Crippen LogP contribution in [0.15, 0.2) is 42.5 Å². The molecule has 0 aliphatic carbocycles. The van der Waals surface area contributed by atoms with Crippen LogP contribution in [0.4, 0.5) is 0 Å². The van der Waals surface area contributed by atoms with Gasteiger partial charge in [-0.15, -0.1) is 0 Å². The van der Waals surface area contributed by atoms with Gasteiger partial charge in [0.25, 0.3) is 0 Å². The van der Waals surface area contributed by atoms with Crippen molar-refractivity contribution in [3.63, 3.8) is 0 Å². The maximum Gasteiger partial charge on any atom is 0.240 e. The summed E-state index contributed by atoms with van der Waals surface area (Å²) in [5.41, 5.74) is 10.5. The Bertz CT molecular complexity index is 986.